The minimum absolute atomic E-state index is 0.210. The number of aliphatic imine (C=N–C) groups is 1. The molecule has 11 heteroatoms. The predicted octanol–water partition coefficient (Wildman–Crippen LogP) is 4.21. The number of nitrogens with zero attached hydrogens (tertiary/aromatic N) is 2. The van der Waals surface area contributed by atoms with Crippen LogP contribution in [0.3, 0.4) is 0 Å². The molecule has 0 radical (unpaired) electrons. The lowest BCUT2D eigenvalue weighted by molar-refractivity contribution is -0.137. The highest BCUT2D eigenvalue weighted by molar-refractivity contribution is 6.31. The molecule has 1 aromatic carbocycles. The van der Waals surface area contributed by atoms with Crippen LogP contribution in [-0.4, -0.2) is 42.3 Å². The molecule has 4 rings (SSSR count). The summed E-state index contributed by atoms with van der Waals surface area (Å²) >= 11 is 5.84. The molecule has 1 saturated heterocycles. The van der Waals surface area contributed by atoms with Crippen LogP contribution in [0.5, 0.6) is 0 Å². The second kappa shape index (κ2) is 10.0. The fraction of sp³-hybridized carbons (Fsp3) is 0.417. The maximum Gasteiger partial charge on any atom is 0.417 e. The van der Waals surface area contributed by atoms with Crippen LogP contribution in [0.15, 0.2) is 58.6 Å². The quantitative estimate of drug-likeness (QED) is 0.479. The maximum atomic E-state index is 13.6. The molecule has 1 aromatic rings. The minimum atomic E-state index is -4.62. The van der Waals surface area contributed by atoms with Crippen LogP contribution in [0, 0.1) is 5.92 Å². The van der Waals surface area contributed by atoms with E-state index in [2.05, 4.69) is 15.6 Å². The van der Waals surface area contributed by atoms with E-state index in [9.17, 15) is 22.4 Å². The SMILES string of the molecule is CCC1=CN=C2C(=C(NC(CN3CC(F)C3)c3ccc(Cl)c(C(F)(F)F)c3)C1)NC=CC2C(N)=O. The molecule has 2 unspecified atom stereocenters. The zero-order valence-corrected chi connectivity index (χ0v) is 19.8. The largest absolute Gasteiger partial charge is 0.417 e. The van der Waals surface area contributed by atoms with E-state index in [1.807, 2.05) is 11.8 Å². The number of fused-ring (bicyclic) bond motifs is 1. The van der Waals surface area contributed by atoms with E-state index in [1.165, 1.54) is 12.1 Å². The van der Waals surface area contributed by atoms with Gasteiger partial charge >= 0.3 is 6.18 Å². The number of alkyl halides is 4. The van der Waals surface area contributed by atoms with Crippen molar-refractivity contribution in [1.82, 2.24) is 15.5 Å². The average Bonchev–Trinajstić information content (AvgIpc) is 2.96. The number of benzene rings is 1. The summed E-state index contributed by atoms with van der Waals surface area (Å²) < 4.78 is 54.2. The third kappa shape index (κ3) is 5.54. The highest BCUT2D eigenvalue weighted by Crippen LogP contribution is 2.37. The van der Waals surface area contributed by atoms with Crippen LogP contribution in [-0.2, 0) is 11.0 Å². The Kier molecular flexibility index (Phi) is 7.23. The van der Waals surface area contributed by atoms with E-state index in [4.69, 9.17) is 17.3 Å². The molecule has 4 N–H and O–H groups in total. The van der Waals surface area contributed by atoms with Crippen LogP contribution in [0.4, 0.5) is 17.6 Å². The molecule has 2 atom stereocenters. The normalized spacial score (nSPS) is 21.8. The van der Waals surface area contributed by atoms with Crippen LogP contribution < -0.4 is 16.4 Å². The van der Waals surface area contributed by atoms with Crippen LogP contribution in [0.1, 0.15) is 36.9 Å². The number of likely N-dealkylation sites (tertiary alicyclic amines) is 1. The second-order valence-corrected chi connectivity index (χ2v) is 9.23. The van der Waals surface area contributed by atoms with Gasteiger partial charge in [-0.2, -0.15) is 13.2 Å². The predicted molar refractivity (Wildman–Crippen MR) is 126 cm³/mol. The number of carbonyl (C=O) groups is 1. The van der Waals surface area contributed by atoms with Gasteiger partial charge in [0.1, 0.15) is 12.1 Å². The summed E-state index contributed by atoms with van der Waals surface area (Å²) in [5, 5.41) is 6.11. The monoisotopic (exact) mass is 511 g/mol. The molecule has 0 bridgehead atoms. The Morgan fingerprint density at radius 1 is 1.37 bits per heavy atom. The molecule has 1 fully saturated rings. The molecule has 0 spiro atoms. The third-order valence-corrected chi connectivity index (χ3v) is 6.65. The number of hydrogen-bond acceptors (Lipinski definition) is 5. The summed E-state index contributed by atoms with van der Waals surface area (Å²) in [7, 11) is 0. The zero-order valence-electron chi connectivity index (χ0n) is 19.0. The maximum absolute atomic E-state index is 13.6. The highest BCUT2D eigenvalue weighted by Gasteiger charge is 2.36. The standard InChI is InChI=1S/C24H26ClF4N5O/c1-2-13-7-19(22-21(32-9-13)16(23(30)35)5-6-31-22)33-20(12-34-10-15(26)11-34)14-3-4-18(25)17(8-14)24(27,28)29/h3-6,8-9,15-16,20,31,33H,2,7,10-12H2,1H3,(H2,30,35). The molecular weight excluding hydrogens is 486 g/mol. The van der Waals surface area contributed by atoms with Crippen LogP contribution >= 0.6 is 11.6 Å². The molecule has 0 saturated carbocycles. The van der Waals surface area contributed by atoms with Gasteiger partial charge in [-0.15, -0.1) is 0 Å². The summed E-state index contributed by atoms with van der Waals surface area (Å²) in [6.07, 6.45) is 0.455. The summed E-state index contributed by atoms with van der Waals surface area (Å²) in [6.45, 7) is 2.67. The Bertz CT molecular complexity index is 1120. The van der Waals surface area contributed by atoms with Gasteiger partial charge in [0.25, 0.3) is 0 Å². The van der Waals surface area contributed by atoms with Gasteiger partial charge in [0, 0.05) is 38.0 Å². The number of halogens is 5. The summed E-state index contributed by atoms with van der Waals surface area (Å²) in [6, 6.07) is 3.18. The topological polar surface area (TPSA) is 82.8 Å². The lowest BCUT2D eigenvalue weighted by atomic mass is 9.94. The van der Waals surface area contributed by atoms with Gasteiger partial charge < -0.3 is 16.4 Å². The van der Waals surface area contributed by atoms with Gasteiger partial charge in [-0.25, -0.2) is 4.39 Å². The van der Waals surface area contributed by atoms with Gasteiger partial charge in [-0.3, -0.25) is 14.7 Å². The lowest BCUT2D eigenvalue weighted by Crippen LogP contribution is -2.51. The smallest absolute Gasteiger partial charge is 0.378 e. The third-order valence-electron chi connectivity index (χ3n) is 6.32. The molecule has 188 valence electrons. The van der Waals surface area contributed by atoms with E-state index in [-0.39, 0.29) is 19.6 Å². The number of hydrogen-bond donors (Lipinski definition) is 3. The Hall–Kier alpha value is -2.85. The van der Waals surface area contributed by atoms with Crippen molar-refractivity contribution in [3.05, 3.63) is 69.8 Å². The van der Waals surface area contributed by atoms with E-state index in [0.717, 1.165) is 11.6 Å². The molecule has 0 aliphatic carbocycles. The van der Waals surface area contributed by atoms with Crippen molar-refractivity contribution < 1.29 is 22.4 Å². The number of nitrogens with one attached hydrogen (secondary N) is 2. The molecular formula is C24H26ClF4N5O. The summed E-state index contributed by atoms with van der Waals surface area (Å²) in [4.78, 5) is 18.4. The van der Waals surface area contributed by atoms with Crippen LogP contribution in [0.25, 0.3) is 0 Å². The first kappa shape index (κ1) is 25.2. The first-order valence-electron chi connectivity index (χ1n) is 11.3. The van der Waals surface area contributed by atoms with E-state index in [1.54, 1.807) is 18.5 Å². The van der Waals surface area contributed by atoms with E-state index >= 15 is 0 Å². The Morgan fingerprint density at radius 3 is 2.74 bits per heavy atom. The number of allylic oxidation sites excluding steroid dienone is 2. The highest BCUT2D eigenvalue weighted by atomic mass is 35.5. The van der Waals surface area contributed by atoms with Gasteiger partial charge in [-0.1, -0.05) is 30.7 Å². The molecule has 0 aromatic heterocycles. The Balaban J connectivity index is 1.74. The van der Waals surface area contributed by atoms with Crippen molar-refractivity contribution in [1.29, 1.82) is 0 Å². The molecule has 35 heavy (non-hydrogen) atoms. The van der Waals surface area contributed by atoms with Crippen molar-refractivity contribution >= 4 is 23.2 Å². The Morgan fingerprint density at radius 2 is 2.11 bits per heavy atom. The lowest BCUT2D eigenvalue weighted by Gasteiger charge is -2.38. The summed E-state index contributed by atoms with van der Waals surface area (Å²) in [5.41, 5.74) is 7.63. The first-order valence-corrected chi connectivity index (χ1v) is 11.7. The summed E-state index contributed by atoms with van der Waals surface area (Å²) in [5.74, 6) is -1.31. The number of amides is 1. The number of carbonyl (C=O) groups excluding carboxylic acids is 1. The number of primary amides is 1. The molecule has 3 aliphatic heterocycles. The van der Waals surface area contributed by atoms with Crippen molar-refractivity contribution in [2.75, 3.05) is 19.6 Å². The van der Waals surface area contributed by atoms with Gasteiger partial charge in [-0.05, 0) is 35.9 Å². The molecule has 3 aliphatic rings. The van der Waals surface area contributed by atoms with Crippen molar-refractivity contribution in [2.24, 2.45) is 16.6 Å². The fourth-order valence-corrected chi connectivity index (χ4v) is 4.59. The molecule has 6 nitrogen and oxygen atoms in total. The average molecular weight is 512 g/mol. The zero-order chi connectivity index (χ0) is 25.3. The number of rotatable bonds is 7. The van der Waals surface area contributed by atoms with Crippen LogP contribution in [0.2, 0.25) is 5.02 Å². The molecule has 1 amide bonds. The Labute approximate surface area is 205 Å². The first-order chi connectivity index (χ1) is 16.6. The van der Waals surface area contributed by atoms with Gasteiger partial charge in [0.15, 0.2) is 0 Å². The number of nitrogens with two attached hydrogens (primary N) is 1. The van der Waals surface area contributed by atoms with Crippen molar-refractivity contribution in [3.8, 4) is 0 Å². The molecule has 3 heterocycles. The fourth-order valence-electron chi connectivity index (χ4n) is 4.36. The minimum Gasteiger partial charge on any atom is -0.378 e. The van der Waals surface area contributed by atoms with E-state index in [0.29, 0.717) is 35.5 Å². The van der Waals surface area contributed by atoms with E-state index < -0.39 is 40.8 Å². The second-order valence-electron chi connectivity index (χ2n) is 8.82. The van der Waals surface area contributed by atoms with Crippen molar-refractivity contribution in [2.45, 2.75) is 38.2 Å². The van der Waals surface area contributed by atoms with Gasteiger partial charge in [0.05, 0.1) is 28.0 Å². The van der Waals surface area contributed by atoms with Crippen molar-refractivity contribution in [3.63, 3.8) is 0 Å². The van der Waals surface area contributed by atoms with Gasteiger partial charge in [0.2, 0.25) is 5.91 Å².